The summed E-state index contributed by atoms with van der Waals surface area (Å²) in [6.07, 6.45) is 2.11. The maximum atomic E-state index is 5.92. The first-order valence-corrected chi connectivity index (χ1v) is 11.2. The Morgan fingerprint density at radius 3 is 2.72 bits per heavy atom. The number of pyridine rings is 1. The molecule has 2 atom stereocenters. The third-order valence-electron chi connectivity index (χ3n) is 4.85. The summed E-state index contributed by atoms with van der Waals surface area (Å²) in [7, 11) is 0. The molecule has 0 aliphatic carbocycles. The predicted molar refractivity (Wildman–Crippen MR) is 142 cm³/mol. The predicted octanol–water partition coefficient (Wildman–Crippen LogP) is 4.10. The van der Waals surface area contributed by atoms with E-state index in [0.29, 0.717) is 18.1 Å². The summed E-state index contributed by atoms with van der Waals surface area (Å²) < 4.78 is 11.5. The van der Waals surface area contributed by atoms with Gasteiger partial charge in [0.1, 0.15) is 17.7 Å². The number of aliphatic imine (C=N–C) groups is 1. The Labute approximate surface area is 213 Å². The van der Waals surface area contributed by atoms with Crippen LogP contribution in [0.4, 0.5) is 5.82 Å². The van der Waals surface area contributed by atoms with Gasteiger partial charge in [-0.05, 0) is 56.7 Å². The highest BCUT2D eigenvalue weighted by molar-refractivity contribution is 14.0. The number of hydrogen-bond acceptors (Lipinski definition) is 5. The number of anilines is 1. The molecule has 0 amide bonds. The van der Waals surface area contributed by atoms with Crippen molar-refractivity contribution in [2.45, 2.75) is 39.5 Å². The number of nitrogens with one attached hydrogen (secondary N) is 2. The zero-order valence-electron chi connectivity index (χ0n) is 18.9. The van der Waals surface area contributed by atoms with Crippen molar-refractivity contribution in [3.05, 3.63) is 53.2 Å². The molecule has 9 heteroatoms. The third-order valence-corrected chi connectivity index (χ3v) is 5.10. The molecule has 0 spiro atoms. The van der Waals surface area contributed by atoms with Crippen molar-refractivity contribution < 1.29 is 9.47 Å². The van der Waals surface area contributed by atoms with Gasteiger partial charge in [0.25, 0.3) is 0 Å². The van der Waals surface area contributed by atoms with Crippen molar-refractivity contribution in [3.8, 4) is 5.75 Å². The first-order valence-electron chi connectivity index (χ1n) is 10.8. The van der Waals surface area contributed by atoms with E-state index >= 15 is 0 Å². The van der Waals surface area contributed by atoms with Gasteiger partial charge in [-0.15, -0.1) is 24.0 Å². The molecule has 0 radical (unpaired) electrons. The summed E-state index contributed by atoms with van der Waals surface area (Å²) >= 11 is 5.92. The lowest BCUT2D eigenvalue weighted by Crippen LogP contribution is -2.41. The summed E-state index contributed by atoms with van der Waals surface area (Å²) in [5.74, 6) is 2.53. The standard InChI is InChI=1S/C23H32ClN5O2.HI/c1-4-25-23(27-13-17(2)31-21-8-6-20(24)7-9-21)28-15-19-5-10-22(26-14-19)29-11-12-30-18(3)16-29;/h5-10,14,17-18H,4,11-13,15-16H2,1-3H3,(H2,25,27,28);1H. The first kappa shape index (κ1) is 26.5. The number of ether oxygens (including phenoxy) is 2. The van der Waals surface area contributed by atoms with Crippen LogP contribution < -0.4 is 20.3 Å². The van der Waals surface area contributed by atoms with Gasteiger partial charge in [-0.1, -0.05) is 17.7 Å². The van der Waals surface area contributed by atoms with E-state index in [4.69, 9.17) is 21.1 Å². The quantitative estimate of drug-likeness (QED) is 0.282. The number of aromatic nitrogens is 1. The number of nitrogens with zero attached hydrogens (tertiary/aromatic N) is 3. The van der Waals surface area contributed by atoms with Crippen LogP contribution in [0.25, 0.3) is 0 Å². The molecule has 1 aliphatic rings. The average Bonchev–Trinajstić information content (AvgIpc) is 2.77. The maximum Gasteiger partial charge on any atom is 0.191 e. The van der Waals surface area contributed by atoms with E-state index in [-0.39, 0.29) is 36.2 Å². The van der Waals surface area contributed by atoms with Gasteiger partial charge >= 0.3 is 0 Å². The average molecular weight is 574 g/mol. The van der Waals surface area contributed by atoms with Gasteiger partial charge in [0.15, 0.2) is 5.96 Å². The van der Waals surface area contributed by atoms with Crippen molar-refractivity contribution >= 4 is 47.4 Å². The molecule has 2 aromatic rings. The number of guanidine groups is 1. The lowest BCUT2D eigenvalue weighted by molar-refractivity contribution is 0.0529. The van der Waals surface area contributed by atoms with Gasteiger partial charge in [-0.25, -0.2) is 9.98 Å². The van der Waals surface area contributed by atoms with E-state index in [1.807, 2.05) is 44.3 Å². The lowest BCUT2D eigenvalue weighted by Gasteiger charge is -2.32. The second-order valence-electron chi connectivity index (χ2n) is 7.61. The van der Waals surface area contributed by atoms with E-state index in [1.165, 1.54) is 0 Å². The van der Waals surface area contributed by atoms with Crippen LogP contribution in [0.3, 0.4) is 0 Å². The van der Waals surface area contributed by atoms with Gasteiger partial charge in [0.05, 0.1) is 25.8 Å². The normalized spacial score (nSPS) is 17.3. The third kappa shape index (κ3) is 8.63. The van der Waals surface area contributed by atoms with Gasteiger partial charge in [-0.3, -0.25) is 0 Å². The van der Waals surface area contributed by atoms with Crippen LogP contribution in [-0.4, -0.2) is 55.9 Å². The van der Waals surface area contributed by atoms with Crippen LogP contribution in [0.2, 0.25) is 5.02 Å². The smallest absolute Gasteiger partial charge is 0.191 e. The molecule has 1 saturated heterocycles. The number of hydrogen-bond donors (Lipinski definition) is 2. The van der Waals surface area contributed by atoms with E-state index in [1.54, 1.807) is 0 Å². The van der Waals surface area contributed by atoms with E-state index in [0.717, 1.165) is 49.3 Å². The topological polar surface area (TPSA) is 71.0 Å². The van der Waals surface area contributed by atoms with Crippen LogP contribution in [0.5, 0.6) is 5.75 Å². The Morgan fingerprint density at radius 1 is 1.28 bits per heavy atom. The van der Waals surface area contributed by atoms with Crippen LogP contribution >= 0.6 is 35.6 Å². The summed E-state index contributed by atoms with van der Waals surface area (Å²) in [6.45, 7) is 10.6. The van der Waals surface area contributed by atoms with Crippen LogP contribution in [-0.2, 0) is 11.3 Å². The van der Waals surface area contributed by atoms with Gasteiger partial charge in [-0.2, -0.15) is 0 Å². The van der Waals surface area contributed by atoms with Crippen molar-refractivity contribution in [2.24, 2.45) is 4.99 Å². The second kappa shape index (κ2) is 13.7. The molecule has 3 rings (SSSR count). The molecular formula is C23H33ClIN5O2. The Balaban J connectivity index is 0.00000363. The molecule has 1 aliphatic heterocycles. The highest BCUT2D eigenvalue weighted by atomic mass is 127. The minimum Gasteiger partial charge on any atom is -0.489 e. The highest BCUT2D eigenvalue weighted by Crippen LogP contribution is 2.17. The first-order chi connectivity index (χ1) is 15.0. The highest BCUT2D eigenvalue weighted by Gasteiger charge is 2.17. The molecule has 0 saturated carbocycles. The molecule has 32 heavy (non-hydrogen) atoms. The van der Waals surface area contributed by atoms with Crippen molar-refractivity contribution in [2.75, 3.05) is 37.7 Å². The molecule has 2 unspecified atom stereocenters. The number of benzene rings is 1. The monoisotopic (exact) mass is 573 g/mol. The second-order valence-corrected chi connectivity index (χ2v) is 8.05. The van der Waals surface area contributed by atoms with E-state index in [2.05, 4.69) is 44.6 Å². The minimum atomic E-state index is -0.0260. The zero-order valence-corrected chi connectivity index (χ0v) is 22.0. The molecule has 2 heterocycles. The maximum absolute atomic E-state index is 5.92. The molecule has 0 bridgehead atoms. The van der Waals surface area contributed by atoms with Crippen molar-refractivity contribution in [1.29, 1.82) is 0 Å². The Bertz CT molecular complexity index is 835. The van der Waals surface area contributed by atoms with Gasteiger partial charge in [0, 0.05) is 30.9 Å². The van der Waals surface area contributed by atoms with Crippen molar-refractivity contribution in [1.82, 2.24) is 15.6 Å². The van der Waals surface area contributed by atoms with Crippen LogP contribution in [0.1, 0.15) is 26.3 Å². The van der Waals surface area contributed by atoms with Crippen LogP contribution in [0.15, 0.2) is 47.6 Å². The summed E-state index contributed by atoms with van der Waals surface area (Å²) in [5.41, 5.74) is 1.06. The Morgan fingerprint density at radius 2 is 2.06 bits per heavy atom. The van der Waals surface area contributed by atoms with E-state index in [9.17, 15) is 0 Å². The summed E-state index contributed by atoms with van der Waals surface area (Å²) in [4.78, 5) is 11.6. The molecule has 2 N–H and O–H groups in total. The zero-order chi connectivity index (χ0) is 22.1. The fraction of sp³-hybridized carbons (Fsp3) is 0.478. The Hall–Kier alpha value is -1.78. The SMILES string of the molecule is CCNC(=NCc1ccc(N2CCOC(C)C2)nc1)NCC(C)Oc1ccc(Cl)cc1.I. The van der Waals surface area contributed by atoms with Crippen molar-refractivity contribution in [3.63, 3.8) is 0 Å². The van der Waals surface area contributed by atoms with Gasteiger partial charge < -0.3 is 25.0 Å². The minimum absolute atomic E-state index is 0. The van der Waals surface area contributed by atoms with Crippen LogP contribution in [0, 0.1) is 0 Å². The fourth-order valence-corrected chi connectivity index (χ4v) is 3.39. The molecule has 7 nitrogen and oxygen atoms in total. The fourth-order valence-electron chi connectivity index (χ4n) is 3.26. The molecule has 176 valence electrons. The molecule has 1 fully saturated rings. The number of morpholine rings is 1. The molecule has 1 aromatic carbocycles. The van der Waals surface area contributed by atoms with E-state index < -0.39 is 0 Å². The Kier molecular flexibility index (Phi) is 11.3. The van der Waals surface area contributed by atoms with Gasteiger partial charge in [0.2, 0.25) is 0 Å². The number of halogens is 2. The lowest BCUT2D eigenvalue weighted by atomic mass is 10.2. The molecular weight excluding hydrogens is 541 g/mol. The summed E-state index contributed by atoms with van der Waals surface area (Å²) in [5, 5.41) is 7.30. The largest absolute Gasteiger partial charge is 0.489 e. The number of rotatable bonds is 8. The summed E-state index contributed by atoms with van der Waals surface area (Å²) in [6, 6.07) is 11.5. The molecule has 1 aromatic heterocycles.